The van der Waals surface area contributed by atoms with Crippen molar-refractivity contribution in [1.82, 2.24) is 0 Å². The summed E-state index contributed by atoms with van der Waals surface area (Å²) in [5.74, 6) is 0.264. The maximum Gasteiger partial charge on any atom is 0.351 e. The van der Waals surface area contributed by atoms with Crippen molar-refractivity contribution < 1.29 is 14.3 Å². The van der Waals surface area contributed by atoms with E-state index < -0.39 is 8.32 Å². The number of benzene rings is 2. The van der Waals surface area contributed by atoms with Crippen molar-refractivity contribution in [3.8, 4) is 0 Å². The predicted octanol–water partition coefficient (Wildman–Crippen LogP) is 5.87. The van der Waals surface area contributed by atoms with E-state index in [2.05, 4.69) is 94.7 Å². The van der Waals surface area contributed by atoms with Crippen molar-refractivity contribution in [3.63, 3.8) is 0 Å². The van der Waals surface area contributed by atoms with Crippen LogP contribution >= 0.6 is 0 Å². The van der Waals surface area contributed by atoms with Crippen LogP contribution in [0.5, 0.6) is 0 Å². The fourth-order valence-electron chi connectivity index (χ4n) is 2.84. The molecule has 0 saturated heterocycles. The highest BCUT2D eigenvalue weighted by atomic mass is 28.4. The van der Waals surface area contributed by atoms with Gasteiger partial charge >= 0.3 is 8.32 Å². The second kappa shape index (κ2) is 7.27. The Balaban J connectivity index is 1.92. The zero-order valence-corrected chi connectivity index (χ0v) is 17.5. The molecule has 0 bridgehead atoms. The Morgan fingerprint density at radius 3 is 2.00 bits per heavy atom. The maximum absolute atomic E-state index is 6.44. The molecule has 0 aromatic heterocycles. The van der Waals surface area contributed by atoms with E-state index in [-0.39, 0.29) is 17.1 Å². The van der Waals surface area contributed by atoms with Crippen LogP contribution in [-0.4, -0.2) is 19.4 Å². The first-order chi connectivity index (χ1) is 12.3. The van der Waals surface area contributed by atoms with Gasteiger partial charge in [-0.15, -0.1) is 0 Å². The molecule has 1 aliphatic rings. The molecule has 1 aliphatic heterocycles. The maximum atomic E-state index is 6.44. The van der Waals surface area contributed by atoms with Crippen LogP contribution in [0.4, 0.5) is 0 Å². The molecule has 2 atom stereocenters. The van der Waals surface area contributed by atoms with Gasteiger partial charge in [-0.1, -0.05) is 81.4 Å². The molecule has 0 saturated carbocycles. The van der Waals surface area contributed by atoms with Crippen molar-refractivity contribution in [2.45, 2.75) is 57.3 Å². The summed E-state index contributed by atoms with van der Waals surface area (Å²) in [5, 5.41) is 0.117. The Morgan fingerprint density at radius 2 is 1.46 bits per heavy atom. The van der Waals surface area contributed by atoms with Crippen molar-refractivity contribution in [2.24, 2.45) is 0 Å². The van der Waals surface area contributed by atoms with Crippen molar-refractivity contribution in [2.75, 3.05) is 0 Å². The highest BCUT2D eigenvalue weighted by molar-refractivity contribution is 6.73. The zero-order chi connectivity index (χ0) is 18.8. The summed E-state index contributed by atoms with van der Waals surface area (Å²) < 4.78 is 6.44. The van der Waals surface area contributed by atoms with E-state index in [4.69, 9.17) is 9.36 Å². The quantitative estimate of drug-likeness (QED) is 0.630. The summed E-state index contributed by atoms with van der Waals surface area (Å²) in [6, 6.07) is 21.0. The van der Waals surface area contributed by atoms with Crippen molar-refractivity contribution >= 4 is 14.5 Å². The first kappa shape index (κ1) is 18.7. The van der Waals surface area contributed by atoms with Gasteiger partial charge in [0, 0.05) is 6.42 Å². The van der Waals surface area contributed by atoms with E-state index in [1.165, 1.54) is 11.1 Å². The van der Waals surface area contributed by atoms with E-state index in [1.54, 1.807) is 4.90 Å². The Bertz CT molecular complexity index is 751. The highest BCUT2D eigenvalue weighted by Gasteiger charge is 2.47. The first-order valence-electron chi connectivity index (χ1n) is 9.36. The summed E-state index contributed by atoms with van der Waals surface area (Å²) in [4.78, 5) is 7.91. The minimum Gasteiger partial charge on any atom is -0.305 e. The van der Waals surface area contributed by atoms with Crippen LogP contribution in [0.15, 0.2) is 60.7 Å². The Morgan fingerprint density at radius 1 is 0.923 bits per heavy atom. The third kappa shape index (κ3) is 4.18. The Hall–Kier alpha value is -2.07. The molecule has 1 heterocycles. The summed E-state index contributed by atoms with van der Waals surface area (Å²) in [6.07, 6.45) is 2.98. The van der Waals surface area contributed by atoms with Crippen LogP contribution in [0.3, 0.4) is 0 Å². The smallest absolute Gasteiger partial charge is 0.305 e. The first-order valence-corrected chi connectivity index (χ1v) is 12.3. The topological polar surface area (TPSA) is 21.5 Å². The molecule has 3 rings (SSSR count). The van der Waals surface area contributed by atoms with Gasteiger partial charge in [-0.2, -0.15) is 0 Å². The van der Waals surface area contributed by atoms with Gasteiger partial charge in [-0.25, -0.2) is 4.84 Å². The molecule has 0 radical (unpaired) electrons. The van der Waals surface area contributed by atoms with E-state index >= 15 is 0 Å². The number of hydrogen-bond donors (Lipinski definition) is 0. The molecule has 3 nitrogen and oxygen atoms in total. The lowest BCUT2D eigenvalue weighted by Gasteiger charge is -2.32. The average molecular weight is 369 g/mol. The number of rotatable bonds is 4. The van der Waals surface area contributed by atoms with Gasteiger partial charge in [0.2, 0.25) is 6.10 Å². The van der Waals surface area contributed by atoms with Crippen molar-refractivity contribution in [1.29, 1.82) is 0 Å². The van der Waals surface area contributed by atoms with Gasteiger partial charge in [0.05, 0.1) is 5.92 Å². The second-order valence-electron chi connectivity index (χ2n) is 8.54. The molecule has 2 aromatic carbocycles. The second-order valence-corrected chi connectivity index (χ2v) is 13.2. The summed E-state index contributed by atoms with van der Waals surface area (Å²) in [6.45, 7) is 11.2. The minimum atomic E-state index is -1.98. The van der Waals surface area contributed by atoms with Gasteiger partial charge in [-0.3, -0.25) is 0 Å². The molecule has 0 spiro atoms. The van der Waals surface area contributed by atoms with Gasteiger partial charge < -0.3 is 4.53 Å². The van der Waals surface area contributed by atoms with Crippen LogP contribution in [-0.2, 0) is 9.36 Å². The van der Waals surface area contributed by atoms with E-state index in [9.17, 15) is 0 Å². The van der Waals surface area contributed by atoms with Crippen LogP contribution in [0, 0.1) is 0 Å². The fourth-order valence-corrected chi connectivity index (χ4v) is 3.67. The summed E-state index contributed by atoms with van der Waals surface area (Å²) >= 11 is 0. The predicted molar refractivity (Wildman–Crippen MR) is 109 cm³/mol. The highest BCUT2D eigenvalue weighted by Crippen LogP contribution is 2.39. The van der Waals surface area contributed by atoms with Gasteiger partial charge in [0.1, 0.15) is 0 Å². The lowest BCUT2D eigenvalue weighted by molar-refractivity contribution is -0.955. The van der Waals surface area contributed by atoms with Gasteiger partial charge in [0.15, 0.2) is 4.90 Å². The van der Waals surface area contributed by atoms with Crippen molar-refractivity contribution in [3.05, 3.63) is 71.8 Å². The minimum absolute atomic E-state index is 0.0174. The molecular weight excluding hydrogens is 338 g/mol. The molecule has 26 heavy (non-hydrogen) atoms. The molecule has 0 fully saturated rings. The van der Waals surface area contributed by atoms with E-state index in [0.717, 1.165) is 6.42 Å². The number of hydrogen-bond acceptors (Lipinski definition) is 2. The molecule has 138 valence electrons. The monoisotopic (exact) mass is 368 g/mol. The summed E-state index contributed by atoms with van der Waals surface area (Å²) in [7, 11) is -1.98. The summed E-state index contributed by atoms with van der Waals surface area (Å²) in [5.41, 5.74) is 2.48. The van der Waals surface area contributed by atoms with Crippen LogP contribution in [0.2, 0.25) is 18.1 Å². The SMILES string of the molecule is CC(C)(C)[Si](C)(C)O[N+]1=C[C@@H](c2ccccc2)C[C@H](c2ccccc2)O1. The third-order valence-corrected chi connectivity index (χ3v) is 9.77. The standard InChI is InChI=1S/C22H30NO2Si/c1-22(2,3)26(4,5)25-23-17-20(18-12-8-6-9-13-18)16-21(24-23)19-14-10-7-11-15-19/h6-15,17,20-21H,16H2,1-5H3/q+1/t20-,21+/m0/s1. The van der Waals surface area contributed by atoms with E-state index in [0.29, 0.717) is 0 Å². The van der Waals surface area contributed by atoms with Crippen LogP contribution in [0.25, 0.3) is 0 Å². The van der Waals surface area contributed by atoms with Crippen LogP contribution < -0.4 is 0 Å². The molecule has 0 amide bonds. The van der Waals surface area contributed by atoms with Crippen LogP contribution in [0.1, 0.15) is 50.3 Å². The molecule has 4 heteroatoms. The Kier molecular flexibility index (Phi) is 5.23. The Labute approximate surface area is 158 Å². The fraction of sp³-hybridized carbons (Fsp3) is 0.409. The van der Waals surface area contributed by atoms with Gasteiger partial charge in [0.25, 0.3) is 6.21 Å². The lowest BCUT2D eigenvalue weighted by Crippen LogP contribution is -2.45. The molecule has 2 aromatic rings. The van der Waals surface area contributed by atoms with Gasteiger partial charge in [-0.05, 0) is 29.3 Å². The normalized spacial score (nSPS) is 20.9. The number of nitrogens with zero attached hydrogens (tertiary/aromatic N) is 1. The third-order valence-electron chi connectivity index (χ3n) is 5.52. The molecule has 0 aliphatic carbocycles. The lowest BCUT2D eigenvalue weighted by atomic mass is 9.91. The van der Waals surface area contributed by atoms with E-state index in [1.807, 2.05) is 6.07 Å². The molecule has 0 N–H and O–H groups in total. The average Bonchev–Trinajstić information content (AvgIpc) is 2.61. The zero-order valence-electron chi connectivity index (χ0n) is 16.5. The molecule has 0 unspecified atom stereocenters. The molecular formula is C22H30NO2Si+. The largest absolute Gasteiger partial charge is 0.351 e.